The second-order valence-electron chi connectivity index (χ2n) is 6.13. The molecule has 0 bridgehead atoms. The number of amides is 1. The van der Waals surface area contributed by atoms with E-state index in [2.05, 4.69) is 17.6 Å². The number of carbonyl (C=O) groups is 1. The molecular weight excluding hydrogens is 212 g/mol. The molecule has 17 heavy (non-hydrogen) atoms. The summed E-state index contributed by atoms with van der Waals surface area (Å²) < 4.78 is 0. The van der Waals surface area contributed by atoms with Crippen LogP contribution in [0.2, 0.25) is 0 Å². The Hall–Kier alpha value is -0.570. The number of nitrogens with one attached hydrogen (secondary N) is 2. The molecule has 98 valence electrons. The zero-order chi connectivity index (χ0) is 12.1. The van der Waals surface area contributed by atoms with Crippen molar-refractivity contribution >= 4 is 5.91 Å². The van der Waals surface area contributed by atoms with Gasteiger partial charge in [0.1, 0.15) is 0 Å². The Bertz CT molecular complexity index is 255. The Morgan fingerprint density at radius 3 is 2.59 bits per heavy atom. The molecule has 0 aromatic heterocycles. The summed E-state index contributed by atoms with van der Waals surface area (Å²) in [6.45, 7) is 4.03. The van der Waals surface area contributed by atoms with E-state index in [-0.39, 0.29) is 5.91 Å². The molecule has 1 amide bonds. The second-order valence-corrected chi connectivity index (χ2v) is 6.13. The van der Waals surface area contributed by atoms with Gasteiger partial charge in [-0.3, -0.25) is 4.79 Å². The lowest BCUT2D eigenvalue weighted by molar-refractivity contribution is -0.121. The molecule has 0 radical (unpaired) electrons. The predicted octanol–water partition coefficient (Wildman–Crippen LogP) is 2.22. The maximum absolute atomic E-state index is 11.7. The van der Waals surface area contributed by atoms with Gasteiger partial charge in [0.25, 0.3) is 0 Å². The van der Waals surface area contributed by atoms with E-state index >= 15 is 0 Å². The Balaban J connectivity index is 1.57. The van der Waals surface area contributed by atoms with Gasteiger partial charge in [-0.25, -0.2) is 0 Å². The molecule has 0 unspecified atom stereocenters. The van der Waals surface area contributed by atoms with Crippen LogP contribution >= 0.6 is 0 Å². The van der Waals surface area contributed by atoms with E-state index < -0.39 is 0 Å². The first-order valence-electron chi connectivity index (χ1n) is 7.18. The highest BCUT2D eigenvalue weighted by Crippen LogP contribution is 2.34. The van der Waals surface area contributed by atoms with E-state index in [0.29, 0.717) is 17.9 Å². The molecule has 0 aliphatic heterocycles. The fourth-order valence-corrected chi connectivity index (χ4v) is 2.66. The van der Waals surface area contributed by atoms with Crippen molar-refractivity contribution in [3.63, 3.8) is 0 Å². The molecule has 2 fully saturated rings. The smallest absolute Gasteiger partial charge is 0.221 e. The third-order valence-corrected chi connectivity index (χ3v) is 4.14. The van der Waals surface area contributed by atoms with Crippen LogP contribution in [0, 0.1) is 5.41 Å². The average molecular weight is 238 g/mol. The van der Waals surface area contributed by atoms with Gasteiger partial charge in [-0.15, -0.1) is 0 Å². The Morgan fingerprint density at radius 2 is 1.94 bits per heavy atom. The highest BCUT2D eigenvalue weighted by molar-refractivity contribution is 5.76. The molecule has 0 aromatic carbocycles. The minimum absolute atomic E-state index is 0.213. The third kappa shape index (κ3) is 4.66. The normalized spacial score (nSPS) is 23.4. The molecule has 2 aliphatic rings. The molecule has 0 saturated heterocycles. The van der Waals surface area contributed by atoms with Crippen LogP contribution in [-0.4, -0.2) is 25.0 Å². The topological polar surface area (TPSA) is 41.1 Å². The molecule has 3 heteroatoms. The lowest BCUT2D eigenvalue weighted by Gasteiger charge is -2.33. The second kappa shape index (κ2) is 5.85. The number of rotatable bonds is 6. The van der Waals surface area contributed by atoms with E-state index in [4.69, 9.17) is 0 Å². The maximum Gasteiger partial charge on any atom is 0.221 e. The first-order valence-corrected chi connectivity index (χ1v) is 7.18. The summed E-state index contributed by atoms with van der Waals surface area (Å²) >= 11 is 0. The SMILES string of the molecule is CC1(CNC(=O)CCNC2CC2)CCCCC1. The van der Waals surface area contributed by atoms with Crippen LogP contribution in [0.4, 0.5) is 0 Å². The summed E-state index contributed by atoms with van der Waals surface area (Å²) in [6.07, 6.45) is 9.78. The molecule has 3 nitrogen and oxygen atoms in total. The number of carbonyl (C=O) groups excluding carboxylic acids is 1. The molecular formula is C14H26N2O. The zero-order valence-corrected chi connectivity index (χ0v) is 11.1. The monoisotopic (exact) mass is 238 g/mol. The van der Waals surface area contributed by atoms with Crippen molar-refractivity contribution in [3.8, 4) is 0 Å². The van der Waals surface area contributed by atoms with E-state index in [0.717, 1.165) is 13.1 Å². The lowest BCUT2D eigenvalue weighted by atomic mass is 9.76. The van der Waals surface area contributed by atoms with E-state index in [1.807, 2.05) is 0 Å². The van der Waals surface area contributed by atoms with Crippen LogP contribution in [-0.2, 0) is 4.79 Å². The molecule has 2 rings (SSSR count). The van der Waals surface area contributed by atoms with Crippen molar-refractivity contribution in [1.82, 2.24) is 10.6 Å². The summed E-state index contributed by atoms with van der Waals surface area (Å²) in [5.41, 5.74) is 0.359. The third-order valence-electron chi connectivity index (χ3n) is 4.14. The van der Waals surface area contributed by atoms with Crippen molar-refractivity contribution in [2.75, 3.05) is 13.1 Å². The number of hydrogen-bond acceptors (Lipinski definition) is 2. The molecule has 2 aliphatic carbocycles. The Labute approximate surface area is 105 Å². The first-order chi connectivity index (χ1) is 8.18. The Morgan fingerprint density at radius 1 is 1.24 bits per heavy atom. The van der Waals surface area contributed by atoms with Gasteiger partial charge in [-0.1, -0.05) is 26.2 Å². The van der Waals surface area contributed by atoms with Crippen molar-refractivity contribution in [3.05, 3.63) is 0 Å². The van der Waals surface area contributed by atoms with Crippen LogP contribution in [0.15, 0.2) is 0 Å². The first kappa shape index (κ1) is 12.9. The van der Waals surface area contributed by atoms with Gasteiger partial charge in [0.2, 0.25) is 5.91 Å². The average Bonchev–Trinajstić information content (AvgIpc) is 3.12. The van der Waals surface area contributed by atoms with Crippen LogP contribution in [0.5, 0.6) is 0 Å². The summed E-state index contributed by atoms with van der Waals surface area (Å²) in [4.78, 5) is 11.7. The fourth-order valence-electron chi connectivity index (χ4n) is 2.66. The highest BCUT2D eigenvalue weighted by Gasteiger charge is 2.27. The van der Waals surface area contributed by atoms with Crippen molar-refractivity contribution in [1.29, 1.82) is 0 Å². The largest absolute Gasteiger partial charge is 0.356 e. The Kier molecular flexibility index (Phi) is 4.43. The van der Waals surface area contributed by atoms with Gasteiger partial charge in [-0.05, 0) is 31.1 Å². The van der Waals surface area contributed by atoms with Crippen LogP contribution < -0.4 is 10.6 Å². The van der Waals surface area contributed by atoms with Gasteiger partial charge < -0.3 is 10.6 Å². The predicted molar refractivity (Wildman–Crippen MR) is 69.8 cm³/mol. The molecule has 0 heterocycles. The minimum Gasteiger partial charge on any atom is -0.356 e. The molecule has 2 N–H and O–H groups in total. The van der Waals surface area contributed by atoms with Crippen molar-refractivity contribution in [2.45, 2.75) is 64.3 Å². The summed E-state index contributed by atoms with van der Waals surface area (Å²) in [5.74, 6) is 0.213. The lowest BCUT2D eigenvalue weighted by Crippen LogP contribution is -2.38. The van der Waals surface area contributed by atoms with E-state index in [1.54, 1.807) is 0 Å². The van der Waals surface area contributed by atoms with E-state index in [9.17, 15) is 4.79 Å². The molecule has 2 saturated carbocycles. The van der Waals surface area contributed by atoms with Crippen LogP contribution in [0.3, 0.4) is 0 Å². The minimum atomic E-state index is 0.213. The van der Waals surface area contributed by atoms with Gasteiger partial charge in [-0.2, -0.15) is 0 Å². The highest BCUT2D eigenvalue weighted by atomic mass is 16.1. The van der Waals surface area contributed by atoms with Gasteiger partial charge >= 0.3 is 0 Å². The molecule has 0 aromatic rings. The van der Waals surface area contributed by atoms with Crippen molar-refractivity contribution < 1.29 is 4.79 Å². The summed E-state index contributed by atoms with van der Waals surface area (Å²) in [5, 5.41) is 6.48. The fraction of sp³-hybridized carbons (Fsp3) is 0.929. The zero-order valence-electron chi connectivity index (χ0n) is 11.1. The van der Waals surface area contributed by atoms with Gasteiger partial charge in [0.15, 0.2) is 0 Å². The van der Waals surface area contributed by atoms with Crippen LogP contribution in [0.25, 0.3) is 0 Å². The molecule has 0 spiro atoms. The quantitative estimate of drug-likeness (QED) is 0.745. The molecule has 0 atom stereocenters. The van der Waals surface area contributed by atoms with Gasteiger partial charge in [0.05, 0.1) is 0 Å². The van der Waals surface area contributed by atoms with Gasteiger partial charge in [0, 0.05) is 25.6 Å². The summed E-state index contributed by atoms with van der Waals surface area (Å²) in [7, 11) is 0. The standard InChI is InChI=1S/C14H26N2O/c1-14(8-3-2-4-9-14)11-16-13(17)7-10-15-12-5-6-12/h12,15H,2-11H2,1H3,(H,16,17). The maximum atomic E-state index is 11.7. The summed E-state index contributed by atoms with van der Waals surface area (Å²) in [6, 6.07) is 0.707. The van der Waals surface area contributed by atoms with Crippen LogP contribution in [0.1, 0.15) is 58.3 Å². The number of hydrogen-bond donors (Lipinski definition) is 2. The van der Waals surface area contributed by atoms with Crippen molar-refractivity contribution in [2.24, 2.45) is 5.41 Å². The van der Waals surface area contributed by atoms with E-state index in [1.165, 1.54) is 44.9 Å².